The highest BCUT2D eigenvalue weighted by Gasteiger charge is 2.26. The molecule has 1 aliphatic heterocycles. The Morgan fingerprint density at radius 1 is 1.47 bits per heavy atom. The van der Waals surface area contributed by atoms with Gasteiger partial charge in [-0.1, -0.05) is 0 Å². The molecule has 0 radical (unpaired) electrons. The molecule has 0 bridgehead atoms. The third-order valence-corrected chi connectivity index (χ3v) is 2.93. The highest BCUT2D eigenvalue weighted by atomic mass is 19.1. The van der Waals surface area contributed by atoms with Crippen LogP contribution in [0.4, 0.5) is 20.6 Å². The van der Waals surface area contributed by atoms with E-state index in [-0.39, 0.29) is 24.0 Å². The predicted molar refractivity (Wildman–Crippen MR) is 69.0 cm³/mol. The van der Waals surface area contributed by atoms with Gasteiger partial charge >= 0.3 is 6.03 Å². The number of carbonyl (C=O) groups excluding carboxylic acids is 2. The van der Waals surface area contributed by atoms with Gasteiger partial charge in [0.05, 0.1) is 11.4 Å². The molecule has 3 amide bonds. The molecule has 0 aliphatic carbocycles. The smallest absolute Gasteiger partial charge is 0.320 e. The monoisotopic (exact) mass is 266 g/mol. The summed E-state index contributed by atoms with van der Waals surface area (Å²) in [6, 6.07) is 3.54. The van der Waals surface area contributed by atoms with Crippen molar-refractivity contribution in [1.29, 1.82) is 0 Å². The standard InChI is InChI=1S/C12H15FN4O2/c1-16-4-5-17(12(16)19)7-11(18)15-10-6-8(13)2-3-9(10)14/h2-3,6H,4-5,7,14H2,1H3,(H,15,18). The number of rotatable bonds is 3. The maximum Gasteiger partial charge on any atom is 0.320 e. The topological polar surface area (TPSA) is 78.7 Å². The zero-order chi connectivity index (χ0) is 14.0. The van der Waals surface area contributed by atoms with Gasteiger partial charge in [0.2, 0.25) is 5.91 Å². The lowest BCUT2D eigenvalue weighted by molar-refractivity contribution is -0.116. The number of urea groups is 1. The second-order valence-electron chi connectivity index (χ2n) is 4.41. The first-order chi connectivity index (χ1) is 8.97. The van der Waals surface area contributed by atoms with E-state index < -0.39 is 11.7 Å². The largest absolute Gasteiger partial charge is 0.397 e. The van der Waals surface area contributed by atoms with Crippen LogP contribution in [-0.2, 0) is 4.79 Å². The van der Waals surface area contributed by atoms with Crippen molar-refractivity contribution in [3.63, 3.8) is 0 Å². The van der Waals surface area contributed by atoms with E-state index in [1.54, 1.807) is 7.05 Å². The number of nitrogens with zero attached hydrogens (tertiary/aromatic N) is 2. The molecule has 0 aromatic heterocycles. The number of amides is 3. The van der Waals surface area contributed by atoms with E-state index in [4.69, 9.17) is 5.73 Å². The van der Waals surface area contributed by atoms with Crippen LogP contribution >= 0.6 is 0 Å². The lowest BCUT2D eigenvalue weighted by atomic mass is 10.2. The van der Waals surface area contributed by atoms with Gasteiger partial charge in [-0.2, -0.15) is 0 Å². The number of anilines is 2. The minimum Gasteiger partial charge on any atom is -0.397 e. The van der Waals surface area contributed by atoms with Crippen molar-refractivity contribution >= 4 is 23.3 Å². The lowest BCUT2D eigenvalue weighted by Crippen LogP contribution is -2.36. The number of likely N-dealkylation sites (N-methyl/N-ethyl adjacent to an activating group) is 1. The molecular weight excluding hydrogens is 251 g/mol. The van der Waals surface area contributed by atoms with Gasteiger partial charge in [-0.05, 0) is 18.2 Å². The van der Waals surface area contributed by atoms with Crippen LogP contribution in [0.3, 0.4) is 0 Å². The Morgan fingerprint density at radius 2 is 2.21 bits per heavy atom. The maximum atomic E-state index is 13.0. The highest BCUT2D eigenvalue weighted by molar-refractivity contribution is 5.96. The fourth-order valence-corrected chi connectivity index (χ4v) is 1.85. The minimum absolute atomic E-state index is 0.0703. The Bertz CT molecular complexity index is 520. The summed E-state index contributed by atoms with van der Waals surface area (Å²) >= 11 is 0. The number of nitrogens with two attached hydrogens (primary N) is 1. The SMILES string of the molecule is CN1CCN(CC(=O)Nc2cc(F)ccc2N)C1=O. The molecule has 19 heavy (non-hydrogen) atoms. The van der Waals surface area contributed by atoms with E-state index in [0.29, 0.717) is 13.1 Å². The van der Waals surface area contributed by atoms with Crippen molar-refractivity contribution in [2.75, 3.05) is 37.7 Å². The fourth-order valence-electron chi connectivity index (χ4n) is 1.85. The first-order valence-electron chi connectivity index (χ1n) is 5.82. The fraction of sp³-hybridized carbons (Fsp3) is 0.333. The summed E-state index contributed by atoms with van der Waals surface area (Å²) in [7, 11) is 1.67. The molecule has 3 N–H and O–H groups in total. The van der Waals surface area contributed by atoms with Gasteiger partial charge in [-0.3, -0.25) is 4.79 Å². The second kappa shape index (κ2) is 5.13. The van der Waals surface area contributed by atoms with Crippen molar-refractivity contribution in [3.8, 4) is 0 Å². The number of hydrogen-bond acceptors (Lipinski definition) is 3. The molecule has 7 heteroatoms. The van der Waals surface area contributed by atoms with E-state index in [9.17, 15) is 14.0 Å². The van der Waals surface area contributed by atoms with Crippen molar-refractivity contribution in [1.82, 2.24) is 9.80 Å². The number of carbonyl (C=O) groups is 2. The quantitative estimate of drug-likeness (QED) is 0.791. The van der Waals surface area contributed by atoms with Crippen LogP contribution in [0, 0.1) is 5.82 Å². The Balaban J connectivity index is 1.98. The highest BCUT2D eigenvalue weighted by Crippen LogP contribution is 2.19. The Hall–Kier alpha value is -2.31. The molecule has 1 aliphatic rings. The van der Waals surface area contributed by atoms with E-state index in [1.807, 2.05) is 0 Å². The van der Waals surface area contributed by atoms with E-state index >= 15 is 0 Å². The first-order valence-corrected chi connectivity index (χ1v) is 5.82. The Labute approximate surface area is 110 Å². The molecule has 0 saturated carbocycles. The number of halogens is 1. The molecule has 0 atom stereocenters. The third kappa shape index (κ3) is 2.93. The number of hydrogen-bond donors (Lipinski definition) is 2. The molecule has 2 rings (SSSR count). The molecule has 0 unspecified atom stereocenters. The van der Waals surface area contributed by atoms with E-state index in [0.717, 1.165) is 6.07 Å². The molecular formula is C12H15FN4O2. The van der Waals surface area contributed by atoms with Gasteiger partial charge in [-0.25, -0.2) is 9.18 Å². The van der Waals surface area contributed by atoms with Crippen molar-refractivity contribution in [3.05, 3.63) is 24.0 Å². The number of nitrogen functional groups attached to an aromatic ring is 1. The summed E-state index contributed by atoms with van der Waals surface area (Å²) in [5.41, 5.74) is 6.12. The summed E-state index contributed by atoms with van der Waals surface area (Å²) in [5.74, 6) is -0.887. The summed E-state index contributed by atoms with van der Waals surface area (Å²) in [5, 5.41) is 2.50. The summed E-state index contributed by atoms with van der Waals surface area (Å²) in [4.78, 5) is 26.3. The van der Waals surface area contributed by atoms with Gasteiger partial charge < -0.3 is 20.9 Å². The normalized spacial score (nSPS) is 14.9. The van der Waals surface area contributed by atoms with Crippen molar-refractivity contribution < 1.29 is 14.0 Å². The molecule has 1 heterocycles. The molecule has 1 saturated heterocycles. The minimum atomic E-state index is -0.485. The van der Waals surface area contributed by atoms with Crippen LogP contribution in [-0.4, -0.2) is 48.4 Å². The van der Waals surface area contributed by atoms with E-state index in [2.05, 4.69) is 5.32 Å². The zero-order valence-electron chi connectivity index (χ0n) is 10.5. The molecule has 1 aromatic carbocycles. The average molecular weight is 266 g/mol. The molecule has 0 spiro atoms. The van der Waals surface area contributed by atoms with Crippen molar-refractivity contribution in [2.24, 2.45) is 0 Å². The van der Waals surface area contributed by atoms with Gasteiger partial charge in [-0.15, -0.1) is 0 Å². The number of nitrogens with one attached hydrogen (secondary N) is 1. The average Bonchev–Trinajstić information content (AvgIpc) is 2.66. The summed E-state index contributed by atoms with van der Waals surface area (Å²) < 4.78 is 13.0. The number of benzene rings is 1. The van der Waals surface area contributed by atoms with Crippen LogP contribution < -0.4 is 11.1 Å². The van der Waals surface area contributed by atoms with Gasteiger partial charge in [0.1, 0.15) is 12.4 Å². The first kappa shape index (κ1) is 13.1. The molecule has 1 fully saturated rings. The second-order valence-corrected chi connectivity index (χ2v) is 4.41. The lowest BCUT2D eigenvalue weighted by Gasteiger charge is -2.16. The summed E-state index contributed by atoms with van der Waals surface area (Å²) in [6.07, 6.45) is 0. The molecule has 1 aromatic rings. The third-order valence-electron chi connectivity index (χ3n) is 2.93. The van der Waals surface area contributed by atoms with Crippen LogP contribution in [0.5, 0.6) is 0 Å². The molecule has 6 nitrogen and oxygen atoms in total. The van der Waals surface area contributed by atoms with E-state index in [1.165, 1.54) is 21.9 Å². The molecule has 102 valence electrons. The maximum absolute atomic E-state index is 13.0. The summed E-state index contributed by atoms with van der Waals surface area (Å²) in [6.45, 7) is 1.02. The van der Waals surface area contributed by atoms with Gasteiger partial charge in [0, 0.05) is 20.1 Å². The van der Waals surface area contributed by atoms with Crippen LogP contribution in [0.1, 0.15) is 0 Å². The zero-order valence-corrected chi connectivity index (χ0v) is 10.5. The predicted octanol–water partition coefficient (Wildman–Crippen LogP) is 0.714. The Morgan fingerprint density at radius 3 is 2.84 bits per heavy atom. The van der Waals surface area contributed by atoms with Crippen molar-refractivity contribution in [2.45, 2.75) is 0 Å². The van der Waals surface area contributed by atoms with Crippen LogP contribution in [0.15, 0.2) is 18.2 Å². The van der Waals surface area contributed by atoms with Gasteiger partial charge in [0.25, 0.3) is 0 Å². The van der Waals surface area contributed by atoms with Gasteiger partial charge in [0.15, 0.2) is 0 Å². The van der Waals surface area contributed by atoms with Crippen LogP contribution in [0.25, 0.3) is 0 Å². The van der Waals surface area contributed by atoms with Crippen LogP contribution in [0.2, 0.25) is 0 Å². The Kier molecular flexibility index (Phi) is 3.55.